The van der Waals surface area contributed by atoms with E-state index in [2.05, 4.69) is 20.7 Å². The SMILES string of the molecule is CSc1nc(NN)cc(NC(C)CCO)n1. The maximum atomic E-state index is 8.81. The monoisotopic (exact) mass is 243 g/mol. The summed E-state index contributed by atoms with van der Waals surface area (Å²) in [6, 6.07) is 1.88. The predicted molar refractivity (Wildman–Crippen MR) is 66.4 cm³/mol. The molecule has 1 heterocycles. The van der Waals surface area contributed by atoms with E-state index in [1.165, 1.54) is 11.8 Å². The fourth-order valence-corrected chi connectivity index (χ4v) is 1.56. The van der Waals surface area contributed by atoms with E-state index >= 15 is 0 Å². The summed E-state index contributed by atoms with van der Waals surface area (Å²) in [5, 5.41) is 12.6. The molecule has 1 unspecified atom stereocenters. The highest BCUT2D eigenvalue weighted by Crippen LogP contribution is 2.17. The number of aromatic nitrogens is 2. The van der Waals surface area contributed by atoms with Gasteiger partial charge in [-0.1, -0.05) is 11.8 Å². The van der Waals surface area contributed by atoms with Gasteiger partial charge in [0.15, 0.2) is 5.16 Å². The molecule has 0 radical (unpaired) electrons. The topological polar surface area (TPSA) is 96.1 Å². The van der Waals surface area contributed by atoms with Crippen LogP contribution in [0.15, 0.2) is 11.2 Å². The van der Waals surface area contributed by atoms with Crippen molar-refractivity contribution in [2.24, 2.45) is 5.84 Å². The average molecular weight is 243 g/mol. The van der Waals surface area contributed by atoms with Gasteiger partial charge in [-0.05, 0) is 19.6 Å². The zero-order valence-electron chi connectivity index (χ0n) is 9.40. The first kappa shape index (κ1) is 13.0. The Hall–Kier alpha value is -1.05. The van der Waals surface area contributed by atoms with E-state index in [9.17, 15) is 0 Å². The minimum atomic E-state index is 0.149. The van der Waals surface area contributed by atoms with Crippen LogP contribution in [0.2, 0.25) is 0 Å². The molecule has 0 bridgehead atoms. The van der Waals surface area contributed by atoms with Crippen LogP contribution in [0.25, 0.3) is 0 Å². The molecule has 0 aliphatic rings. The number of hydrogen-bond acceptors (Lipinski definition) is 7. The highest BCUT2D eigenvalue weighted by Gasteiger charge is 2.06. The average Bonchev–Trinajstić information content (AvgIpc) is 2.28. The van der Waals surface area contributed by atoms with Crippen molar-refractivity contribution < 1.29 is 5.11 Å². The van der Waals surface area contributed by atoms with E-state index in [0.717, 1.165) is 0 Å². The summed E-state index contributed by atoms with van der Waals surface area (Å²) < 4.78 is 0. The van der Waals surface area contributed by atoms with Crippen LogP contribution >= 0.6 is 11.8 Å². The minimum Gasteiger partial charge on any atom is -0.396 e. The van der Waals surface area contributed by atoms with E-state index < -0.39 is 0 Å². The molecule has 7 heteroatoms. The van der Waals surface area contributed by atoms with Gasteiger partial charge < -0.3 is 15.8 Å². The molecule has 0 amide bonds. The van der Waals surface area contributed by atoms with Crippen LogP contribution < -0.4 is 16.6 Å². The summed E-state index contributed by atoms with van der Waals surface area (Å²) in [5.41, 5.74) is 2.49. The lowest BCUT2D eigenvalue weighted by Gasteiger charge is -2.14. The van der Waals surface area contributed by atoms with Gasteiger partial charge in [0.1, 0.15) is 11.6 Å². The first-order valence-electron chi connectivity index (χ1n) is 4.96. The van der Waals surface area contributed by atoms with Gasteiger partial charge in [0, 0.05) is 18.7 Å². The van der Waals surface area contributed by atoms with Crippen LogP contribution in [0.4, 0.5) is 11.6 Å². The van der Waals surface area contributed by atoms with Gasteiger partial charge in [0.25, 0.3) is 0 Å². The molecule has 0 aliphatic carbocycles. The first-order chi connectivity index (χ1) is 7.69. The Morgan fingerprint density at radius 1 is 1.50 bits per heavy atom. The van der Waals surface area contributed by atoms with Crippen molar-refractivity contribution in [3.8, 4) is 0 Å². The Kier molecular flexibility index (Phi) is 5.30. The zero-order chi connectivity index (χ0) is 12.0. The molecule has 1 atom stereocenters. The Morgan fingerprint density at radius 3 is 2.75 bits per heavy atom. The smallest absolute Gasteiger partial charge is 0.191 e. The van der Waals surface area contributed by atoms with Gasteiger partial charge in [-0.3, -0.25) is 0 Å². The van der Waals surface area contributed by atoms with Crippen molar-refractivity contribution in [3.63, 3.8) is 0 Å². The van der Waals surface area contributed by atoms with Crippen molar-refractivity contribution in [2.45, 2.75) is 24.5 Å². The third-order valence-electron chi connectivity index (χ3n) is 1.99. The predicted octanol–water partition coefficient (Wildman–Crippen LogP) is 0.667. The van der Waals surface area contributed by atoms with Crippen molar-refractivity contribution in [2.75, 3.05) is 23.6 Å². The van der Waals surface area contributed by atoms with E-state index in [0.29, 0.717) is 23.2 Å². The number of thioether (sulfide) groups is 1. The summed E-state index contributed by atoms with van der Waals surface area (Å²) in [7, 11) is 0. The molecule has 90 valence electrons. The molecule has 0 aromatic carbocycles. The molecule has 0 aliphatic heterocycles. The lowest BCUT2D eigenvalue weighted by molar-refractivity contribution is 0.282. The lowest BCUT2D eigenvalue weighted by Crippen LogP contribution is -2.18. The number of aliphatic hydroxyl groups is 1. The van der Waals surface area contributed by atoms with Crippen molar-refractivity contribution in [3.05, 3.63) is 6.07 Å². The third-order valence-corrected chi connectivity index (χ3v) is 2.54. The molecule has 0 saturated carbocycles. The van der Waals surface area contributed by atoms with Gasteiger partial charge in [-0.15, -0.1) is 0 Å². The van der Waals surface area contributed by atoms with E-state index in [-0.39, 0.29) is 12.6 Å². The van der Waals surface area contributed by atoms with E-state index in [1.54, 1.807) is 6.07 Å². The Bertz CT molecular complexity index is 313. The molecule has 1 aromatic heterocycles. The largest absolute Gasteiger partial charge is 0.396 e. The summed E-state index contributed by atoms with van der Waals surface area (Å²) >= 11 is 1.45. The summed E-state index contributed by atoms with van der Waals surface area (Å²) in [6.45, 7) is 2.13. The summed E-state index contributed by atoms with van der Waals surface area (Å²) in [5.74, 6) is 6.58. The van der Waals surface area contributed by atoms with Crippen molar-refractivity contribution in [1.29, 1.82) is 0 Å². The van der Waals surface area contributed by atoms with Crippen LogP contribution in [0.3, 0.4) is 0 Å². The van der Waals surface area contributed by atoms with Crippen molar-refractivity contribution >= 4 is 23.4 Å². The Morgan fingerprint density at radius 2 is 2.19 bits per heavy atom. The number of nitrogens with one attached hydrogen (secondary N) is 2. The minimum absolute atomic E-state index is 0.149. The summed E-state index contributed by atoms with van der Waals surface area (Å²) in [4.78, 5) is 8.44. The number of nitrogens with zero attached hydrogens (tertiary/aromatic N) is 2. The highest BCUT2D eigenvalue weighted by molar-refractivity contribution is 7.98. The molecular formula is C9H17N5OS. The van der Waals surface area contributed by atoms with Gasteiger partial charge in [-0.2, -0.15) is 0 Å². The standard InChI is InChI=1S/C9H17N5OS/c1-6(3-4-15)11-7-5-8(14-10)13-9(12-7)16-2/h5-6,15H,3-4,10H2,1-2H3,(H2,11,12,13,14). The second kappa shape index (κ2) is 6.51. The van der Waals surface area contributed by atoms with Crippen molar-refractivity contribution in [1.82, 2.24) is 9.97 Å². The first-order valence-corrected chi connectivity index (χ1v) is 6.19. The number of nitrogen functional groups attached to an aromatic ring is 1. The molecule has 6 nitrogen and oxygen atoms in total. The quantitative estimate of drug-likeness (QED) is 0.252. The fourth-order valence-electron chi connectivity index (χ4n) is 1.18. The number of anilines is 2. The maximum Gasteiger partial charge on any atom is 0.191 e. The number of hydrazine groups is 1. The number of nitrogens with two attached hydrogens (primary N) is 1. The van der Waals surface area contributed by atoms with Crippen LogP contribution in [0.1, 0.15) is 13.3 Å². The van der Waals surface area contributed by atoms with Crippen LogP contribution in [0.5, 0.6) is 0 Å². The molecule has 0 saturated heterocycles. The van der Waals surface area contributed by atoms with Crippen LogP contribution in [-0.2, 0) is 0 Å². The molecule has 16 heavy (non-hydrogen) atoms. The molecular weight excluding hydrogens is 226 g/mol. The van der Waals surface area contributed by atoms with Gasteiger partial charge in [0.05, 0.1) is 0 Å². The van der Waals surface area contributed by atoms with E-state index in [1.807, 2.05) is 13.2 Å². The van der Waals surface area contributed by atoms with Gasteiger partial charge in [-0.25, -0.2) is 15.8 Å². The molecule has 1 aromatic rings. The Balaban J connectivity index is 2.78. The normalized spacial score (nSPS) is 12.2. The molecule has 0 fully saturated rings. The van der Waals surface area contributed by atoms with E-state index in [4.69, 9.17) is 10.9 Å². The fraction of sp³-hybridized carbons (Fsp3) is 0.556. The second-order valence-corrected chi connectivity index (χ2v) is 4.10. The third kappa shape index (κ3) is 3.84. The van der Waals surface area contributed by atoms with Gasteiger partial charge >= 0.3 is 0 Å². The number of rotatable bonds is 6. The molecule has 1 rings (SSSR count). The lowest BCUT2D eigenvalue weighted by atomic mass is 10.2. The highest BCUT2D eigenvalue weighted by atomic mass is 32.2. The second-order valence-electron chi connectivity index (χ2n) is 3.33. The van der Waals surface area contributed by atoms with Crippen LogP contribution in [-0.4, -0.2) is 34.0 Å². The number of hydrogen-bond donors (Lipinski definition) is 4. The molecule has 0 spiro atoms. The van der Waals surface area contributed by atoms with Crippen LogP contribution in [0, 0.1) is 0 Å². The van der Waals surface area contributed by atoms with Gasteiger partial charge in [0.2, 0.25) is 0 Å². The maximum absolute atomic E-state index is 8.81. The summed E-state index contributed by atoms with van der Waals surface area (Å²) in [6.07, 6.45) is 2.57. The zero-order valence-corrected chi connectivity index (χ0v) is 10.2. The Labute approximate surface area is 99.0 Å². The molecule has 5 N–H and O–H groups in total. The number of aliphatic hydroxyl groups excluding tert-OH is 1.